The van der Waals surface area contributed by atoms with Crippen molar-refractivity contribution in [3.8, 4) is 45.3 Å². The van der Waals surface area contributed by atoms with Crippen LogP contribution in [0.2, 0.25) is 20.1 Å². The van der Waals surface area contributed by atoms with Crippen LogP contribution >= 0.6 is 58.0 Å². The van der Waals surface area contributed by atoms with E-state index in [0.29, 0.717) is 83.0 Å². The van der Waals surface area contributed by atoms with Crippen LogP contribution in [0.4, 0.5) is 11.9 Å². The second-order valence-corrected chi connectivity index (χ2v) is 16.5. The third-order valence-corrected chi connectivity index (χ3v) is 12.0. The summed E-state index contributed by atoms with van der Waals surface area (Å²) < 4.78 is 31.9. The molecule has 0 aliphatic carbocycles. The lowest BCUT2D eigenvalue weighted by atomic mass is 10.0. The Morgan fingerprint density at radius 3 is 1.43 bits per heavy atom. The predicted octanol–water partition coefficient (Wildman–Crippen LogP) is 6.18. The van der Waals surface area contributed by atoms with Crippen molar-refractivity contribution in [1.29, 1.82) is 0 Å². The number of nitrogens with zero attached hydrogens (tertiary/aromatic N) is 4. The summed E-state index contributed by atoms with van der Waals surface area (Å²) in [7, 11) is 5.83. The number of nitrogens with one attached hydrogen (secondary N) is 5. The van der Waals surface area contributed by atoms with Crippen LogP contribution < -0.4 is 51.8 Å². The average molecular weight is 1050 g/mol. The third-order valence-electron chi connectivity index (χ3n) is 10.4. The standard InChI is InChI=1S/C22H21Cl2N5O5.C19H19Cl2N5O4.C3H3ClO/c1-4-16(30)26-12-8-34-9-13(12)27-22-25-7-10-5-11(21(31)28-20(10)29-22)17-18(23)14(32-2)6-15(33-3)19(17)24;1-28-12-4-13(29-2)16(21)14(15(12)20)9-3-8-5-23-19(26-17(8)25-18(9)27)24-11-7-30-6-10(11)22;1-2-3(4)5/h4-7,12-13H,1,8-9H2,2-3H3,(H,26,30)(H2,25,27,28,29,31);3-5,10-11H,6-7,22H2,1-2H3,(H2,23,24,25,26,27);2H,1H2/t12-,13+;10-,11+;/m00./s1. The number of hydrogen-bond acceptors (Lipinski definition) is 17. The Morgan fingerprint density at radius 2 is 1.06 bits per heavy atom. The normalized spacial score (nSPS) is 17.1. The number of benzene rings is 2. The summed E-state index contributed by atoms with van der Waals surface area (Å²) in [6.07, 6.45) is 5.38. The van der Waals surface area contributed by atoms with E-state index in [9.17, 15) is 19.2 Å². The molecular formula is C44H43Cl5N10O10. The van der Waals surface area contributed by atoms with Gasteiger partial charge in [0.05, 0.1) is 110 Å². The van der Waals surface area contributed by atoms with Gasteiger partial charge >= 0.3 is 0 Å². The van der Waals surface area contributed by atoms with Crippen molar-refractivity contribution in [3.63, 3.8) is 0 Å². The number of anilines is 2. The summed E-state index contributed by atoms with van der Waals surface area (Å²) in [6.45, 7) is 8.16. The fourth-order valence-electron chi connectivity index (χ4n) is 6.87. The number of rotatable bonds is 13. The smallest absolute Gasteiger partial charge is 0.257 e. The Kier molecular flexibility index (Phi) is 17.7. The first-order chi connectivity index (χ1) is 33.0. The van der Waals surface area contributed by atoms with Crippen molar-refractivity contribution in [3.05, 3.63) is 103 Å². The van der Waals surface area contributed by atoms with Gasteiger partial charge in [-0.2, -0.15) is 9.97 Å². The van der Waals surface area contributed by atoms with Crippen LogP contribution in [0, 0.1) is 0 Å². The summed E-state index contributed by atoms with van der Waals surface area (Å²) in [4.78, 5) is 69.9. The fourth-order valence-corrected chi connectivity index (χ4v) is 8.28. The molecule has 6 heterocycles. The number of hydrogen-bond donors (Lipinski definition) is 6. The van der Waals surface area contributed by atoms with E-state index in [0.717, 1.165) is 6.08 Å². The van der Waals surface area contributed by atoms with Crippen molar-refractivity contribution in [2.24, 2.45) is 5.73 Å². The first-order valence-electron chi connectivity index (χ1n) is 20.3. The molecule has 69 heavy (non-hydrogen) atoms. The summed E-state index contributed by atoms with van der Waals surface area (Å²) in [5, 5.41) is 10.4. The highest BCUT2D eigenvalue weighted by molar-refractivity contribution is 6.66. The van der Waals surface area contributed by atoms with Gasteiger partial charge in [-0.1, -0.05) is 59.6 Å². The van der Waals surface area contributed by atoms with Gasteiger partial charge in [-0.25, -0.2) is 9.97 Å². The van der Waals surface area contributed by atoms with Gasteiger partial charge < -0.3 is 60.1 Å². The molecule has 20 nitrogen and oxygen atoms in total. The Hall–Kier alpha value is -6.23. The van der Waals surface area contributed by atoms with Gasteiger partial charge in [-0.15, -0.1) is 0 Å². The van der Waals surface area contributed by atoms with Crippen LogP contribution in [0.5, 0.6) is 23.0 Å². The van der Waals surface area contributed by atoms with E-state index in [1.165, 1.54) is 34.5 Å². The molecule has 2 aliphatic rings. The monoisotopic (exact) mass is 1050 g/mol. The molecule has 2 aromatic carbocycles. The van der Waals surface area contributed by atoms with Gasteiger partial charge in [0.1, 0.15) is 34.3 Å². The minimum Gasteiger partial charge on any atom is -0.495 e. The second-order valence-electron chi connectivity index (χ2n) is 14.7. The number of ether oxygens (including phenoxy) is 6. The lowest BCUT2D eigenvalue weighted by Gasteiger charge is -2.19. The van der Waals surface area contributed by atoms with Crippen LogP contribution in [-0.4, -0.2) is 120 Å². The lowest BCUT2D eigenvalue weighted by molar-refractivity contribution is -0.117. The number of halogens is 5. The van der Waals surface area contributed by atoms with E-state index in [1.54, 1.807) is 36.7 Å². The molecule has 6 aromatic rings. The SMILES string of the molecule is C=CC(=O)Cl.C=CC(=O)N[C@H]1COC[C@H]1Nc1ncc2cc(-c3c(Cl)c(OC)cc(OC)c3Cl)c(=O)[nH]c2n1.COc1cc(OC)c(Cl)c(-c2cc3cnc(N[C@@H]4COC[C@@H]4N)nc3[nH]c2=O)c1Cl. The Bertz CT molecular complexity index is 2990. The number of pyridine rings is 2. The minimum absolute atomic E-state index is 0.102. The number of aromatic nitrogens is 6. The third kappa shape index (κ3) is 12.0. The molecule has 364 valence electrons. The molecule has 25 heteroatoms. The lowest BCUT2D eigenvalue weighted by Crippen LogP contribution is -2.45. The zero-order valence-electron chi connectivity index (χ0n) is 37.0. The van der Waals surface area contributed by atoms with Crippen molar-refractivity contribution < 1.29 is 38.0 Å². The van der Waals surface area contributed by atoms with Crippen molar-refractivity contribution in [2.45, 2.75) is 24.2 Å². The second kappa shape index (κ2) is 23.4. The number of H-pyrrole nitrogens is 2. The maximum Gasteiger partial charge on any atom is 0.257 e. The van der Waals surface area contributed by atoms with Gasteiger partial charge in [-0.3, -0.25) is 19.2 Å². The van der Waals surface area contributed by atoms with Gasteiger partial charge in [0.25, 0.3) is 11.1 Å². The largest absolute Gasteiger partial charge is 0.495 e. The highest BCUT2D eigenvalue weighted by Crippen LogP contribution is 2.46. The van der Waals surface area contributed by atoms with E-state index < -0.39 is 16.4 Å². The molecule has 0 saturated carbocycles. The van der Waals surface area contributed by atoms with Crippen molar-refractivity contribution in [1.82, 2.24) is 35.2 Å². The number of allylic oxidation sites excluding steroid dienone is 1. The molecule has 2 fully saturated rings. The van der Waals surface area contributed by atoms with E-state index >= 15 is 0 Å². The summed E-state index contributed by atoms with van der Waals surface area (Å²) in [5.41, 5.74) is 6.78. The molecule has 0 unspecified atom stereocenters. The zero-order valence-corrected chi connectivity index (χ0v) is 40.8. The van der Waals surface area contributed by atoms with Crippen LogP contribution in [0.15, 0.2) is 71.6 Å². The van der Waals surface area contributed by atoms with Gasteiger partial charge in [0.2, 0.25) is 23.0 Å². The van der Waals surface area contributed by atoms with Gasteiger partial charge in [-0.05, 0) is 35.9 Å². The number of nitrogens with two attached hydrogens (primary N) is 1. The van der Waals surface area contributed by atoms with E-state index in [-0.39, 0.29) is 72.8 Å². The van der Waals surface area contributed by atoms with Crippen molar-refractivity contribution in [2.75, 3.05) is 65.5 Å². The zero-order chi connectivity index (χ0) is 50.1. The molecule has 0 radical (unpaired) electrons. The van der Waals surface area contributed by atoms with Gasteiger partial charge in [0, 0.05) is 46.4 Å². The molecule has 2 saturated heterocycles. The summed E-state index contributed by atoms with van der Waals surface area (Å²) in [6, 6.07) is 5.52. The molecule has 1 amide bonds. The highest BCUT2D eigenvalue weighted by Gasteiger charge is 2.30. The molecule has 8 rings (SSSR count). The number of amides is 1. The van der Waals surface area contributed by atoms with Crippen LogP contribution in [0.1, 0.15) is 0 Å². The summed E-state index contributed by atoms with van der Waals surface area (Å²) >= 11 is 30.6. The number of fused-ring (bicyclic) bond motifs is 2. The predicted molar refractivity (Wildman–Crippen MR) is 265 cm³/mol. The maximum absolute atomic E-state index is 13.0. The quantitative estimate of drug-likeness (QED) is 0.0557. The molecular weight excluding hydrogens is 1010 g/mol. The van der Waals surface area contributed by atoms with Crippen LogP contribution in [0.3, 0.4) is 0 Å². The fraction of sp³-hybridized carbons (Fsp3) is 0.273. The number of aromatic amines is 2. The topological polar surface area (TPSA) is 269 Å². The first kappa shape index (κ1) is 52.1. The highest BCUT2D eigenvalue weighted by atomic mass is 35.5. The molecule has 0 spiro atoms. The van der Waals surface area contributed by atoms with E-state index in [1.807, 2.05) is 0 Å². The Labute approximate surface area is 417 Å². The molecule has 4 aromatic heterocycles. The number of carbonyl (C=O) groups is 2. The van der Waals surface area contributed by atoms with Crippen molar-refractivity contribution >= 4 is 103 Å². The Morgan fingerprint density at radius 1 is 0.667 bits per heavy atom. The van der Waals surface area contributed by atoms with Crippen LogP contribution in [0.25, 0.3) is 44.3 Å². The summed E-state index contributed by atoms with van der Waals surface area (Å²) in [5.74, 6) is 1.59. The van der Waals surface area contributed by atoms with E-state index in [2.05, 4.69) is 59.0 Å². The maximum atomic E-state index is 13.0. The van der Waals surface area contributed by atoms with E-state index in [4.69, 9.17) is 92.2 Å². The minimum atomic E-state index is -0.509. The molecule has 7 N–H and O–H groups in total. The average Bonchev–Trinajstić information content (AvgIpc) is 3.96. The number of carbonyl (C=O) groups excluding carboxylic acids is 2. The Balaban J connectivity index is 0.000000208. The van der Waals surface area contributed by atoms with Gasteiger partial charge in [0.15, 0.2) is 0 Å². The number of methoxy groups -OCH3 is 4. The molecule has 4 atom stereocenters. The molecule has 2 aliphatic heterocycles. The first-order valence-corrected chi connectivity index (χ1v) is 22.1. The van der Waals surface area contributed by atoms with Crippen LogP contribution in [-0.2, 0) is 19.1 Å². The molecule has 0 bridgehead atoms.